The molecule has 1 fully saturated rings. The lowest BCUT2D eigenvalue weighted by Gasteiger charge is -2.24. The number of imidazole rings is 1. The topological polar surface area (TPSA) is 42.3 Å². The summed E-state index contributed by atoms with van der Waals surface area (Å²) in [5.74, 6) is 0.940. The molecule has 0 saturated carbocycles. The van der Waals surface area contributed by atoms with Gasteiger partial charge in [0.25, 0.3) is 0 Å². The standard InChI is InChI=1S/C14H26N4O/c1-12(17-7-4-5-8-17)10-16-14-15-6-9-18(14)13(2)11-19-3/h6,9,12-13H,4-5,7-8,10-11H2,1-3H3,(H,15,16). The average Bonchev–Trinajstić information content (AvgIpc) is 3.07. The van der Waals surface area contributed by atoms with Gasteiger partial charge in [0.1, 0.15) is 0 Å². The maximum Gasteiger partial charge on any atom is 0.203 e. The van der Waals surface area contributed by atoms with Crippen LogP contribution in [0.25, 0.3) is 0 Å². The molecule has 2 atom stereocenters. The lowest BCUT2D eigenvalue weighted by Crippen LogP contribution is -2.36. The van der Waals surface area contributed by atoms with Crippen molar-refractivity contribution < 1.29 is 4.74 Å². The van der Waals surface area contributed by atoms with Gasteiger partial charge in [0, 0.05) is 32.1 Å². The average molecular weight is 266 g/mol. The molecule has 5 nitrogen and oxygen atoms in total. The van der Waals surface area contributed by atoms with Crippen LogP contribution >= 0.6 is 0 Å². The third-order valence-electron chi connectivity index (χ3n) is 3.87. The minimum Gasteiger partial charge on any atom is -0.383 e. The number of likely N-dealkylation sites (tertiary alicyclic amines) is 1. The molecule has 1 saturated heterocycles. The van der Waals surface area contributed by atoms with Gasteiger partial charge in [0.2, 0.25) is 5.95 Å². The molecule has 1 aliphatic rings. The van der Waals surface area contributed by atoms with Crippen LogP contribution in [0.1, 0.15) is 32.7 Å². The van der Waals surface area contributed by atoms with E-state index in [9.17, 15) is 0 Å². The number of nitrogens with zero attached hydrogens (tertiary/aromatic N) is 3. The van der Waals surface area contributed by atoms with Crippen LogP contribution in [0.2, 0.25) is 0 Å². The minimum atomic E-state index is 0.303. The van der Waals surface area contributed by atoms with Crippen molar-refractivity contribution in [1.82, 2.24) is 14.5 Å². The van der Waals surface area contributed by atoms with E-state index in [1.54, 1.807) is 7.11 Å². The van der Waals surface area contributed by atoms with E-state index in [-0.39, 0.29) is 0 Å². The Hall–Kier alpha value is -1.07. The van der Waals surface area contributed by atoms with Gasteiger partial charge in [0.05, 0.1) is 12.6 Å². The summed E-state index contributed by atoms with van der Waals surface area (Å²) >= 11 is 0. The molecule has 1 aromatic heterocycles. The van der Waals surface area contributed by atoms with Gasteiger partial charge >= 0.3 is 0 Å². The fourth-order valence-electron chi connectivity index (χ4n) is 2.68. The van der Waals surface area contributed by atoms with Gasteiger partial charge in [-0.25, -0.2) is 4.98 Å². The summed E-state index contributed by atoms with van der Waals surface area (Å²) in [5, 5.41) is 3.46. The molecule has 0 spiro atoms. The fraction of sp³-hybridized carbons (Fsp3) is 0.786. The van der Waals surface area contributed by atoms with E-state index in [1.165, 1.54) is 25.9 Å². The summed E-state index contributed by atoms with van der Waals surface area (Å²) in [5.41, 5.74) is 0. The van der Waals surface area contributed by atoms with E-state index in [2.05, 4.69) is 33.6 Å². The zero-order valence-corrected chi connectivity index (χ0v) is 12.3. The number of ether oxygens (including phenoxy) is 1. The van der Waals surface area contributed by atoms with Crippen LogP contribution in [-0.4, -0.2) is 53.8 Å². The number of nitrogens with one attached hydrogen (secondary N) is 1. The van der Waals surface area contributed by atoms with E-state index >= 15 is 0 Å². The van der Waals surface area contributed by atoms with Gasteiger partial charge in [-0.15, -0.1) is 0 Å². The van der Waals surface area contributed by atoms with Crippen molar-refractivity contribution in [3.05, 3.63) is 12.4 Å². The molecule has 5 heteroatoms. The molecule has 0 aliphatic carbocycles. The van der Waals surface area contributed by atoms with E-state index in [1.807, 2.05) is 12.4 Å². The first kappa shape index (κ1) is 14.3. The smallest absolute Gasteiger partial charge is 0.203 e. The summed E-state index contributed by atoms with van der Waals surface area (Å²) in [6.07, 6.45) is 6.52. The fourth-order valence-corrected chi connectivity index (χ4v) is 2.68. The van der Waals surface area contributed by atoms with Crippen LogP contribution in [0.3, 0.4) is 0 Å². The van der Waals surface area contributed by atoms with Crippen LogP contribution in [0.4, 0.5) is 5.95 Å². The lowest BCUT2D eigenvalue weighted by atomic mass is 10.3. The number of hydrogen-bond donors (Lipinski definition) is 1. The third-order valence-corrected chi connectivity index (χ3v) is 3.87. The Kier molecular flexibility index (Phi) is 5.22. The van der Waals surface area contributed by atoms with Crippen LogP contribution in [0.15, 0.2) is 12.4 Å². The highest BCUT2D eigenvalue weighted by Gasteiger charge is 2.18. The molecule has 2 unspecified atom stereocenters. The number of aromatic nitrogens is 2. The third kappa shape index (κ3) is 3.70. The molecule has 0 aromatic carbocycles. The largest absolute Gasteiger partial charge is 0.383 e. The van der Waals surface area contributed by atoms with Crippen LogP contribution < -0.4 is 5.32 Å². The Labute approximate surface area is 116 Å². The van der Waals surface area contributed by atoms with E-state index in [0.717, 1.165) is 12.5 Å². The number of anilines is 1. The highest BCUT2D eigenvalue weighted by molar-refractivity contribution is 5.27. The Balaban J connectivity index is 1.87. The van der Waals surface area contributed by atoms with E-state index in [4.69, 9.17) is 4.74 Å². The molecular weight excluding hydrogens is 240 g/mol. The molecule has 2 rings (SSSR count). The predicted octanol–water partition coefficient (Wildman–Crippen LogP) is 1.99. The molecule has 0 bridgehead atoms. The van der Waals surface area contributed by atoms with Crippen molar-refractivity contribution >= 4 is 5.95 Å². The Morgan fingerprint density at radius 3 is 2.74 bits per heavy atom. The van der Waals surface area contributed by atoms with Crippen molar-refractivity contribution in [2.75, 3.05) is 38.7 Å². The molecule has 1 aromatic rings. The minimum absolute atomic E-state index is 0.303. The van der Waals surface area contributed by atoms with Gasteiger partial charge in [0.15, 0.2) is 0 Å². The maximum absolute atomic E-state index is 5.20. The van der Waals surface area contributed by atoms with Crippen molar-refractivity contribution in [2.45, 2.75) is 38.8 Å². The summed E-state index contributed by atoms with van der Waals surface area (Å²) in [6.45, 7) is 8.53. The summed E-state index contributed by atoms with van der Waals surface area (Å²) < 4.78 is 7.34. The predicted molar refractivity (Wildman–Crippen MR) is 77.6 cm³/mol. The van der Waals surface area contributed by atoms with Gasteiger partial charge in [-0.3, -0.25) is 4.90 Å². The monoisotopic (exact) mass is 266 g/mol. The first-order valence-electron chi connectivity index (χ1n) is 7.22. The molecule has 19 heavy (non-hydrogen) atoms. The highest BCUT2D eigenvalue weighted by Crippen LogP contribution is 2.15. The number of methoxy groups -OCH3 is 1. The maximum atomic E-state index is 5.20. The lowest BCUT2D eigenvalue weighted by molar-refractivity contribution is 0.163. The SMILES string of the molecule is COCC(C)n1ccnc1NCC(C)N1CCCC1. The number of hydrogen-bond acceptors (Lipinski definition) is 4. The molecular formula is C14H26N4O. The Morgan fingerprint density at radius 2 is 2.05 bits per heavy atom. The van der Waals surface area contributed by atoms with E-state index < -0.39 is 0 Å². The molecule has 1 aliphatic heterocycles. The first-order valence-corrected chi connectivity index (χ1v) is 7.22. The van der Waals surface area contributed by atoms with Gasteiger partial charge < -0.3 is 14.6 Å². The van der Waals surface area contributed by atoms with Crippen molar-refractivity contribution in [1.29, 1.82) is 0 Å². The molecule has 0 radical (unpaired) electrons. The highest BCUT2D eigenvalue weighted by atomic mass is 16.5. The summed E-state index contributed by atoms with van der Waals surface area (Å²) in [7, 11) is 1.73. The van der Waals surface area contributed by atoms with Crippen LogP contribution in [0.5, 0.6) is 0 Å². The second-order valence-electron chi connectivity index (χ2n) is 5.44. The zero-order chi connectivity index (χ0) is 13.7. The van der Waals surface area contributed by atoms with Crippen molar-refractivity contribution in [3.8, 4) is 0 Å². The summed E-state index contributed by atoms with van der Waals surface area (Å²) in [6, 6.07) is 0.863. The second-order valence-corrected chi connectivity index (χ2v) is 5.44. The second kappa shape index (κ2) is 6.91. The van der Waals surface area contributed by atoms with Gasteiger partial charge in [-0.1, -0.05) is 0 Å². The first-order chi connectivity index (χ1) is 9.22. The van der Waals surface area contributed by atoms with Crippen molar-refractivity contribution in [2.24, 2.45) is 0 Å². The normalized spacial score (nSPS) is 19.5. The Morgan fingerprint density at radius 1 is 1.32 bits per heavy atom. The molecule has 0 amide bonds. The number of rotatable bonds is 7. The van der Waals surface area contributed by atoms with E-state index in [0.29, 0.717) is 18.7 Å². The molecule has 108 valence electrons. The van der Waals surface area contributed by atoms with Crippen molar-refractivity contribution in [3.63, 3.8) is 0 Å². The quantitative estimate of drug-likeness (QED) is 0.819. The van der Waals surface area contributed by atoms with Gasteiger partial charge in [-0.2, -0.15) is 0 Å². The molecule has 1 N–H and O–H groups in total. The van der Waals surface area contributed by atoms with Crippen LogP contribution in [0, 0.1) is 0 Å². The summed E-state index contributed by atoms with van der Waals surface area (Å²) in [4.78, 5) is 6.94. The van der Waals surface area contributed by atoms with Gasteiger partial charge in [-0.05, 0) is 39.8 Å². The Bertz CT molecular complexity index is 373. The zero-order valence-electron chi connectivity index (χ0n) is 12.3. The van der Waals surface area contributed by atoms with Crippen LogP contribution in [-0.2, 0) is 4.74 Å². The molecule has 2 heterocycles.